The molecular weight excluding hydrogens is 266 g/mol. The van der Waals surface area contributed by atoms with Crippen LogP contribution in [0.15, 0.2) is 18.5 Å². The van der Waals surface area contributed by atoms with Crippen LogP contribution in [0.25, 0.3) is 10.6 Å². The molecule has 0 fully saturated rings. The fraction of sp³-hybridized carbons (Fsp3) is 0.500. The Kier molecular flexibility index (Phi) is 4.55. The molecule has 108 valence electrons. The molecular formula is C16H23N3S. The average molecular weight is 289 g/mol. The summed E-state index contributed by atoms with van der Waals surface area (Å²) >= 11 is 1.78. The molecule has 0 bridgehead atoms. The minimum Gasteiger partial charge on any atom is -0.312 e. The molecule has 0 unspecified atom stereocenters. The van der Waals surface area contributed by atoms with E-state index >= 15 is 0 Å². The SMILES string of the molecule is CCNCc1sc(-c2cnccc2C)nc1C(C)(C)C. The Morgan fingerprint density at radius 1 is 1.30 bits per heavy atom. The number of aromatic nitrogens is 2. The highest BCUT2D eigenvalue weighted by atomic mass is 32.1. The lowest BCUT2D eigenvalue weighted by molar-refractivity contribution is 0.561. The molecule has 0 aromatic carbocycles. The lowest BCUT2D eigenvalue weighted by atomic mass is 9.91. The zero-order chi connectivity index (χ0) is 14.8. The van der Waals surface area contributed by atoms with Crippen molar-refractivity contribution in [3.05, 3.63) is 34.6 Å². The maximum absolute atomic E-state index is 4.90. The quantitative estimate of drug-likeness (QED) is 0.927. The molecule has 4 heteroatoms. The van der Waals surface area contributed by atoms with Crippen LogP contribution in [0, 0.1) is 6.92 Å². The van der Waals surface area contributed by atoms with Gasteiger partial charge in [-0.15, -0.1) is 11.3 Å². The number of pyridine rings is 1. The second-order valence-electron chi connectivity index (χ2n) is 6.01. The normalized spacial score (nSPS) is 11.8. The van der Waals surface area contributed by atoms with Crippen LogP contribution in [0.1, 0.15) is 43.8 Å². The fourth-order valence-electron chi connectivity index (χ4n) is 2.10. The number of thiazole rings is 1. The van der Waals surface area contributed by atoms with Crippen molar-refractivity contribution in [2.24, 2.45) is 0 Å². The van der Waals surface area contributed by atoms with E-state index in [2.05, 4.69) is 44.9 Å². The molecule has 20 heavy (non-hydrogen) atoms. The van der Waals surface area contributed by atoms with Crippen molar-refractivity contribution in [2.45, 2.75) is 46.6 Å². The van der Waals surface area contributed by atoms with E-state index in [1.54, 1.807) is 11.3 Å². The van der Waals surface area contributed by atoms with Crippen LogP contribution in [-0.2, 0) is 12.0 Å². The first-order valence-corrected chi connectivity index (χ1v) is 7.87. The van der Waals surface area contributed by atoms with E-state index in [0.29, 0.717) is 0 Å². The lowest BCUT2D eigenvalue weighted by Crippen LogP contribution is -2.18. The third-order valence-electron chi connectivity index (χ3n) is 3.21. The Balaban J connectivity index is 2.46. The first-order valence-electron chi connectivity index (χ1n) is 7.05. The predicted octanol–water partition coefficient (Wildman–Crippen LogP) is 3.92. The summed E-state index contributed by atoms with van der Waals surface area (Å²) in [5, 5.41) is 4.49. The zero-order valence-corrected chi connectivity index (χ0v) is 13.8. The van der Waals surface area contributed by atoms with Crippen LogP contribution in [-0.4, -0.2) is 16.5 Å². The molecule has 0 saturated carbocycles. The van der Waals surface area contributed by atoms with Crippen molar-refractivity contribution >= 4 is 11.3 Å². The summed E-state index contributed by atoms with van der Waals surface area (Å²) in [7, 11) is 0. The molecule has 0 saturated heterocycles. The van der Waals surface area contributed by atoms with Gasteiger partial charge in [-0.05, 0) is 25.1 Å². The standard InChI is InChI=1S/C16H23N3S/c1-6-17-10-13-14(16(3,4)5)19-15(20-13)12-9-18-8-7-11(12)2/h7-9,17H,6,10H2,1-5H3. The van der Waals surface area contributed by atoms with Gasteiger partial charge >= 0.3 is 0 Å². The van der Waals surface area contributed by atoms with E-state index < -0.39 is 0 Å². The second-order valence-corrected chi connectivity index (χ2v) is 7.10. The molecule has 2 heterocycles. The zero-order valence-electron chi connectivity index (χ0n) is 12.9. The first kappa shape index (κ1) is 15.1. The van der Waals surface area contributed by atoms with E-state index in [1.165, 1.54) is 16.1 Å². The van der Waals surface area contributed by atoms with Crippen molar-refractivity contribution < 1.29 is 0 Å². The van der Waals surface area contributed by atoms with E-state index in [-0.39, 0.29) is 5.41 Å². The maximum atomic E-state index is 4.90. The molecule has 2 aromatic rings. The lowest BCUT2D eigenvalue weighted by Gasteiger charge is -2.17. The average Bonchev–Trinajstić information content (AvgIpc) is 2.80. The van der Waals surface area contributed by atoms with Crippen molar-refractivity contribution in [2.75, 3.05) is 6.54 Å². The minimum atomic E-state index is 0.0651. The third-order valence-corrected chi connectivity index (χ3v) is 4.30. The molecule has 2 rings (SSSR count). The summed E-state index contributed by atoms with van der Waals surface area (Å²) in [6.07, 6.45) is 3.74. The Labute approximate surface area is 125 Å². The number of hydrogen-bond acceptors (Lipinski definition) is 4. The van der Waals surface area contributed by atoms with Gasteiger partial charge in [0.05, 0.1) is 5.69 Å². The molecule has 0 spiro atoms. The highest BCUT2D eigenvalue weighted by Crippen LogP contribution is 2.35. The summed E-state index contributed by atoms with van der Waals surface area (Å²) in [4.78, 5) is 10.5. The van der Waals surface area contributed by atoms with Gasteiger partial charge in [-0.25, -0.2) is 4.98 Å². The number of aryl methyl sites for hydroxylation is 1. The highest BCUT2D eigenvalue weighted by molar-refractivity contribution is 7.15. The smallest absolute Gasteiger partial charge is 0.125 e. The van der Waals surface area contributed by atoms with Gasteiger partial charge in [-0.2, -0.15) is 0 Å². The van der Waals surface area contributed by atoms with Gasteiger partial charge in [0.1, 0.15) is 5.01 Å². The molecule has 2 aromatic heterocycles. The fourth-order valence-corrected chi connectivity index (χ4v) is 3.42. The van der Waals surface area contributed by atoms with E-state index in [1.807, 2.05) is 18.5 Å². The summed E-state index contributed by atoms with van der Waals surface area (Å²) in [5.74, 6) is 0. The van der Waals surface area contributed by atoms with E-state index in [9.17, 15) is 0 Å². The summed E-state index contributed by atoms with van der Waals surface area (Å²) in [6.45, 7) is 12.8. The first-order chi connectivity index (χ1) is 9.43. The number of nitrogens with zero attached hydrogens (tertiary/aromatic N) is 2. The minimum absolute atomic E-state index is 0.0651. The molecule has 0 amide bonds. The van der Waals surface area contributed by atoms with Crippen molar-refractivity contribution in [1.82, 2.24) is 15.3 Å². The van der Waals surface area contributed by atoms with Crippen LogP contribution < -0.4 is 5.32 Å². The molecule has 0 radical (unpaired) electrons. The Morgan fingerprint density at radius 3 is 2.65 bits per heavy atom. The number of hydrogen-bond donors (Lipinski definition) is 1. The molecule has 3 nitrogen and oxygen atoms in total. The van der Waals surface area contributed by atoms with Crippen LogP contribution in [0.4, 0.5) is 0 Å². The second kappa shape index (κ2) is 6.02. The Hall–Kier alpha value is -1.26. The van der Waals surface area contributed by atoms with Gasteiger partial charge in [-0.3, -0.25) is 4.98 Å². The topological polar surface area (TPSA) is 37.8 Å². The largest absolute Gasteiger partial charge is 0.312 e. The molecule has 0 atom stereocenters. The van der Waals surface area contributed by atoms with Crippen molar-refractivity contribution in [1.29, 1.82) is 0 Å². The van der Waals surface area contributed by atoms with Gasteiger partial charge < -0.3 is 5.32 Å². The predicted molar refractivity (Wildman–Crippen MR) is 86.2 cm³/mol. The van der Waals surface area contributed by atoms with Crippen molar-refractivity contribution in [3.63, 3.8) is 0 Å². The molecule has 0 aliphatic rings. The molecule has 1 N–H and O–H groups in total. The summed E-state index contributed by atoms with van der Waals surface area (Å²) < 4.78 is 0. The third kappa shape index (κ3) is 3.25. The van der Waals surface area contributed by atoms with E-state index in [0.717, 1.165) is 23.7 Å². The van der Waals surface area contributed by atoms with Crippen LogP contribution in [0.2, 0.25) is 0 Å². The van der Waals surface area contributed by atoms with Crippen molar-refractivity contribution in [3.8, 4) is 10.6 Å². The van der Waals surface area contributed by atoms with Crippen LogP contribution in [0.5, 0.6) is 0 Å². The summed E-state index contributed by atoms with van der Waals surface area (Å²) in [5.41, 5.74) is 3.63. The molecule has 0 aliphatic carbocycles. The number of nitrogens with one attached hydrogen (secondary N) is 1. The Morgan fingerprint density at radius 2 is 2.05 bits per heavy atom. The van der Waals surface area contributed by atoms with Gasteiger partial charge in [0.2, 0.25) is 0 Å². The summed E-state index contributed by atoms with van der Waals surface area (Å²) in [6, 6.07) is 2.04. The van der Waals surface area contributed by atoms with Gasteiger partial charge in [0.25, 0.3) is 0 Å². The molecule has 0 aliphatic heterocycles. The maximum Gasteiger partial charge on any atom is 0.125 e. The Bertz CT molecular complexity index is 582. The van der Waals surface area contributed by atoms with E-state index in [4.69, 9.17) is 4.98 Å². The number of rotatable bonds is 4. The van der Waals surface area contributed by atoms with Crippen LogP contribution in [0.3, 0.4) is 0 Å². The van der Waals surface area contributed by atoms with Gasteiger partial charge in [-0.1, -0.05) is 27.7 Å². The van der Waals surface area contributed by atoms with Gasteiger partial charge in [0, 0.05) is 34.8 Å². The highest BCUT2D eigenvalue weighted by Gasteiger charge is 2.23. The van der Waals surface area contributed by atoms with Gasteiger partial charge in [0.15, 0.2) is 0 Å². The van der Waals surface area contributed by atoms with Crippen LogP contribution >= 0.6 is 11.3 Å². The monoisotopic (exact) mass is 289 g/mol.